The van der Waals surface area contributed by atoms with Crippen LogP contribution in [0.15, 0.2) is 33.3 Å². The van der Waals surface area contributed by atoms with Crippen LogP contribution in [0.1, 0.15) is 15.2 Å². The number of thiophene rings is 1. The summed E-state index contributed by atoms with van der Waals surface area (Å²) in [5.41, 5.74) is -1.73. The number of carboxylic acids is 1. The molecule has 2 aromatic heterocycles. The average Bonchev–Trinajstić information content (AvgIpc) is 2.82. The molecule has 0 saturated heterocycles. The maximum absolute atomic E-state index is 11.8. The van der Waals surface area contributed by atoms with Crippen LogP contribution in [0, 0.1) is 0 Å². The van der Waals surface area contributed by atoms with Crippen LogP contribution in [0.4, 0.5) is 0 Å². The average molecular weight is 266 g/mol. The number of carboxylic acid groups (broad SMARTS) is 1. The first-order valence-electron chi connectivity index (χ1n) is 5.07. The highest BCUT2D eigenvalue weighted by atomic mass is 32.1. The Morgan fingerprint density at radius 1 is 1.44 bits per heavy atom. The molecule has 0 fully saturated rings. The van der Waals surface area contributed by atoms with E-state index in [1.54, 1.807) is 0 Å². The molecule has 2 heterocycles. The normalized spacial score (nSPS) is 10.5. The van der Waals surface area contributed by atoms with Crippen molar-refractivity contribution in [1.29, 1.82) is 0 Å². The summed E-state index contributed by atoms with van der Waals surface area (Å²) < 4.78 is 2.02. The summed E-state index contributed by atoms with van der Waals surface area (Å²) in [5, 5.41) is 10.8. The van der Waals surface area contributed by atoms with Gasteiger partial charge in [0, 0.05) is 18.1 Å². The minimum absolute atomic E-state index is 0.255. The fourth-order valence-electron chi connectivity index (χ4n) is 1.56. The van der Waals surface area contributed by atoms with Crippen LogP contribution in [-0.4, -0.2) is 20.2 Å². The molecule has 0 radical (unpaired) electrons. The van der Waals surface area contributed by atoms with Crippen LogP contribution >= 0.6 is 11.3 Å². The Kier molecular flexibility index (Phi) is 3.15. The van der Waals surface area contributed by atoms with Gasteiger partial charge in [0.2, 0.25) is 0 Å². The van der Waals surface area contributed by atoms with E-state index in [-0.39, 0.29) is 6.54 Å². The van der Waals surface area contributed by atoms with Crippen LogP contribution in [0.2, 0.25) is 0 Å². The second-order valence-corrected chi connectivity index (χ2v) is 4.73. The van der Waals surface area contributed by atoms with Gasteiger partial charge in [-0.15, -0.1) is 11.3 Å². The summed E-state index contributed by atoms with van der Waals surface area (Å²) in [6.45, 7) is 0.255. The molecule has 0 spiro atoms. The van der Waals surface area contributed by atoms with E-state index in [0.29, 0.717) is 0 Å². The van der Waals surface area contributed by atoms with Crippen molar-refractivity contribution in [3.8, 4) is 0 Å². The quantitative estimate of drug-likeness (QED) is 0.869. The lowest BCUT2D eigenvalue weighted by atomic mass is 10.3. The number of rotatable bonds is 3. The molecule has 0 saturated carbocycles. The Balaban J connectivity index is 2.58. The number of aromatic carboxylic acids is 1. The molecule has 18 heavy (non-hydrogen) atoms. The minimum Gasteiger partial charge on any atom is -0.477 e. The number of carbonyl (C=O) groups is 1. The molecule has 0 atom stereocenters. The molecule has 1 N–H and O–H groups in total. The van der Waals surface area contributed by atoms with Crippen molar-refractivity contribution < 1.29 is 9.90 Å². The van der Waals surface area contributed by atoms with Crippen LogP contribution in [0.3, 0.4) is 0 Å². The maximum atomic E-state index is 11.8. The molecule has 0 amide bonds. The van der Waals surface area contributed by atoms with Crippen molar-refractivity contribution >= 4 is 17.3 Å². The molecule has 7 heteroatoms. The van der Waals surface area contributed by atoms with E-state index in [2.05, 4.69) is 0 Å². The first kappa shape index (κ1) is 12.3. The molecule has 6 nitrogen and oxygen atoms in total. The van der Waals surface area contributed by atoms with E-state index < -0.39 is 22.8 Å². The molecule has 0 aliphatic heterocycles. The van der Waals surface area contributed by atoms with Gasteiger partial charge in [-0.2, -0.15) is 0 Å². The van der Waals surface area contributed by atoms with Gasteiger partial charge in [0.1, 0.15) is 5.56 Å². The highest BCUT2D eigenvalue weighted by Crippen LogP contribution is 2.09. The summed E-state index contributed by atoms with van der Waals surface area (Å²) in [7, 11) is 1.27. The molecule has 2 aromatic rings. The van der Waals surface area contributed by atoms with E-state index in [0.717, 1.165) is 15.6 Å². The van der Waals surface area contributed by atoms with Crippen LogP contribution < -0.4 is 11.2 Å². The van der Waals surface area contributed by atoms with E-state index >= 15 is 0 Å². The van der Waals surface area contributed by atoms with Gasteiger partial charge in [0.05, 0.1) is 6.54 Å². The molecule has 0 aromatic carbocycles. The SMILES string of the molecule is Cn1c(=O)c(C(=O)O)cn(Cc2cccs2)c1=O. The Labute approximate surface area is 105 Å². The molecule has 2 rings (SSSR count). The third kappa shape index (κ3) is 2.12. The van der Waals surface area contributed by atoms with Crippen molar-refractivity contribution in [3.63, 3.8) is 0 Å². The lowest BCUT2D eigenvalue weighted by Crippen LogP contribution is -2.40. The second kappa shape index (κ2) is 4.61. The zero-order valence-corrected chi connectivity index (χ0v) is 10.3. The lowest BCUT2D eigenvalue weighted by molar-refractivity contribution is 0.0693. The molecule has 0 aliphatic carbocycles. The number of hydrogen-bond acceptors (Lipinski definition) is 4. The maximum Gasteiger partial charge on any atom is 0.342 e. The van der Waals surface area contributed by atoms with Gasteiger partial charge < -0.3 is 5.11 Å². The number of nitrogens with zero attached hydrogens (tertiary/aromatic N) is 2. The smallest absolute Gasteiger partial charge is 0.342 e. The molecular weight excluding hydrogens is 256 g/mol. The molecule has 94 valence electrons. The van der Waals surface area contributed by atoms with Crippen molar-refractivity contribution in [2.45, 2.75) is 6.54 Å². The predicted octanol–water partition coefficient (Wildman–Crippen LogP) is 0.355. The van der Waals surface area contributed by atoms with Crippen LogP contribution in [0.25, 0.3) is 0 Å². The highest BCUT2D eigenvalue weighted by Gasteiger charge is 2.14. The lowest BCUT2D eigenvalue weighted by Gasteiger charge is -2.07. The first-order chi connectivity index (χ1) is 8.50. The third-order valence-corrected chi connectivity index (χ3v) is 3.35. The Morgan fingerprint density at radius 3 is 2.72 bits per heavy atom. The summed E-state index contributed by atoms with van der Waals surface area (Å²) in [4.78, 5) is 35.2. The zero-order chi connectivity index (χ0) is 13.3. The molecule has 0 aliphatic rings. The highest BCUT2D eigenvalue weighted by molar-refractivity contribution is 7.09. The summed E-state index contributed by atoms with van der Waals surface area (Å²) in [6, 6.07) is 3.67. The van der Waals surface area contributed by atoms with Crippen LogP contribution in [0.5, 0.6) is 0 Å². The van der Waals surface area contributed by atoms with Gasteiger partial charge >= 0.3 is 11.7 Å². The molecule has 0 unspecified atom stereocenters. The van der Waals surface area contributed by atoms with E-state index in [1.165, 1.54) is 23.0 Å². The second-order valence-electron chi connectivity index (χ2n) is 3.70. The van der Waals surface area contributed by atoms with Gasteiger partial charge in [0.25, 0.3) is 5.56 Å². The van der Waals surface area contributed by atoms with Crippen LogP contribution in [-0.2, 0) is 13.6 Å². The minimum atomic E-state index is -1.34. The van der Waals surface area contributed by atoms with Crippen molar-refractivity contribution in [2.24, 2.45) is 7.05 Å². The van der Waals surface area contributed by atoms with Crippen molar-refractivity contribution in [3.05, 3.63) is 55.0 Å². The third-order valence-electron chi connectivity index (χ3n) is 2.49. The van der Waals surface area contributed by atoms with Gasteiger partial charge in [0.15, 0.2) is 0 Å². The van der Waals surface area contributed by atoms with E-state index in [9.17, 15) is 14.4 Å². The first-order valence-corrected chi connectivity index (χ1v) is 5.95. The monoisotopic (exact) mass is 266 g/mol. The number of hydrogen-bond donors (Lipinski definition) is 1. The van der Waals surface area contributed by atoms with E-state index in [4.69, 9.17) is 5.11 Å². The molecule has 0 bridgehead atoms. The summed E-state index contributed by atoms with van der Waals surface area (Å²) in [5.74, 6) is -1.34. The standard InChI is InChI=1S/C11H10N2O4S/c1-12-9(14)8(10(15)16)6-13(11(12)17)5-7-3-2-4-18-7/h2-4,6H,5H2,1H3,(H,15,16). The topological polar surface area (TPSA) is 81.3 Å². The Hall–Kier alpha value is -2.15. The van der Waals surface area contributed by atoms with Crippen molar-refractivity contribution in [1.82, 2.24) is 9.13 Å². The fourth-order valence-corrected chi connectivity index (χ4v) is 2.26. The largest absolute Gasteiger partial charge is 0.477 e. The van der Waals surface area contributed by atoms with Gasteiger partial charge in [-0.05, 0) is 11.4 Å². The fraction of sp³-hybridized carbons (Fsp3) is 0.182. The van der Waals surface area contributed by atoms with Gasteiger partial charge in [-0.3, -0.25) is 13.9 Å². The van der Waals surface area contributed by atoms with E-state index in [1.807, 2.05) is 17.5 Å². The van der Waals surface area contributed by atoms with Crippen molar-refractivity contribution in [2.75, 3.05) is 0 Å². The summed E-state index contributed by atoms with van der Waals surface area (Å²) in [6.07, 6.45) is 1.09. The number of aromatic nitrogens is 2. The zero-order valence-electron chi connectivity index (χ0n) is 9.49. The Morgan fingerprint density at radius 2 is 2.17 bits per heavy atom. The summed E-state index contributed by atoms with van der Waals surface area (Å²) >= 11 is 1.46. The Bertz CT molecular complexity index is 697. The van der Waals surface area contributed by atoms with Gasteiger partial charge in [-0.25, -0.2) is 9.59 Å². The predicted molar refractivity (Wildman–Crippen MR) is 66.3 cm³/mol. The molecular formula is C11H10N2O4S. The van der Waals surface area contributed by atoms with Gasteiger partial charge in [-0.1, -0.05) is 6.07 Å².